The highest BCUT2D eigenvalue weighted by atomic mass is 32.2. The Morgan fingerprint density at radius 1 is 0.970 bits per heavy atom. The number of alkyl halides is 3. The predicted octanol–water partition coefficient (Wildman–Crippen LogP) is 3.25. The van der Waals surface area contributed by atoms with Crippen molar-refractivity contribution in [3.63, 3.8) is 0 Å². The molecule has 2 heterocycles. The van der Waals surface area contributed by atoms with E-state index < -0.39 is 25.7 Å². The van der Waals surface area contributed by atoms with Crippen molar-refractivity contribution in [2.75, 3.05) is 0 Å². The molecule has 0 aliphatic heterocycles. The minimum atomic E-state index is -5.56. The first-order chi connectivity index (χ1) is 15.6. The van der Waals surface area contributed by atoms with Crippen molar-refractivity contribution in [2.24, 2.45) is 0 Å². The molecule has 166 valence electrons. The van der Waals surface area contributed by atoms with E-state index in [0.29, 0.717) is 11.3 Å². The maximum absolute atomic E-state index is 12.9. The fourth-order valence-electron chi connectivity index (χ4n) is 3.05. The second kappa shape index (κ2) is 8.03. The molecule has 2 aromatic heterocycles. The number of hydrogen-bond acceptors (Lipinski definition) is 6. The lowest BCUT2D eigenvalue weighted by molar-refractivity contribution is -0.0436. The number of aromatic nitrogens is 4. The SMILES string of the molecule is N#Cc1cccc(-n2nccc2-c2nn(-c3cccc(S(=O)(=O)C(F)(F)F)c3)ccc2=O)c1. The summed E-state index contributed by atoms with van der Waals surface area (Å²) in [6.07, 6.45) is 2.63. The van der Waals surface area contributed by atoms with Crippen molar-refractivity contribution in [3.8, 4) is 28.8 Å². The van der Waals surface area contributed by atoms with Crippen LogP contribution in [-0.4, -0.2) is 33.5 Å². The summed E-state index contributed by atoms with van der Waals surface area (Å²) in [5, 5.41) is 17.5. The van der Waals surface area contributed by atoms with Crippen LogP contribution in [0.1, 0.15) is 5.56 Å². The van der Waals surface area contributed by atoms with Gasteiger partial charge in [0.1, 0.15) is 0 Å². The molecule has 4 aromatic rings. The zero-order valence-electron chi connectivity index (χ0n) is 16.4. The lowest BCUT2D eigenvalue weighted by Crippen LogP contribution is -2.23. The van der Waals surface area contributed by atoms with Crippen LogP contribution in [0.5, 0.6) is 0 Å². The molecule has 4 rings (SSSR count). The van der Waals surface area contributed by atoms with E-state index in [0.717, 1.165) is 28.9 Å². The zero-order valence-corrected chi connectivity index (χ0v) is 17.2. The van der Waals surface area contributed by atoms with Gasteiger partial charge in [0, 0.05) is 12.3 Å². The molecule has 0 unspecified atom stereocenters. The van der Waals surface area contributed by atoms with Crippen molar-refractivity contribution in [2.45, 2.75) is 10.4 Å². The number of benzene rings is 2. The standard InChI is InChI=1S/C21H12F3N5O3S/c22-21(23,24)33(31,32)17-6-2-4-15(12-17)28-10-8-19(30)20(27-28)18-7-9-26-29(18)16-5-1-3-14(11-16)13-25/h1-12H. The zero-order chi connectivity index (χ0) is 23.8. The molecule has 0 bridgehead atoms. The fourth-order valence-corrected chi connectivity index (χ4v) is 3.85. The first kappa shape index (κ1) is 22.0. The Morgan fingerprint density at radius 3 is 2.42 bits per heavy atom. The van der Waals surface area contributed by atoms with Crippen molar-refractivity contribution >= 4 is 9.84 Å². The van der Waals surface area contributed by atoms with Crippen LogP contribution in [0, 0.1) is 11.3 Å². The molecule has 0 amide bonds. The van der Waals surface area contributed by atoms with Crippen LogP contribution in [0.15, 0.2) is 82.7 Å². The molecule has 8 nitrogen and oxygen atoms in total. The van der Waals surface area contributed by atoms with Gasteiger partial charge in [-0.05, 0) is 42.5 Å². The molecule has 0 fully saturated rings. The third-order valence-corrected chi connectivity index (χ3v) is 6.09. The average molecular weight is 471 g/mol. The van der Waals surface area contributed by atoms with Gasteiger partial charge < -0.3 is 0 Å². The first-order valence-corrected chi connectivity index (χ1v) is 10.7. The molecular weight excluding hydrogens is 459 g/mol. The van der Waals surface area contributed by atoms with Gasteiger partial charge in [0.15, 0.2) is 5.69 Å². The Kier molecular flexibility index (Phi) is 5.35. The van der Waals surface area contributed by atoms with E-state index in [-0.39, 0.29) is 17.1 Å². The molecule has 0 saturated heterocycles. The summed E-state index contributed by atoms with van der Waals surface area (Å²) >= 11 is 0. The minimum Gasteiger partial charge on any atom is -0.287 e. The largest absolute Gasteiger partial charge is 0.501 e. The van der Waals surface area contributed by atoms with Crippen LogP contribution in [-0.2, 0) is 9.84 Å². The lowest BCUT2D eigenvalue weighted by Gasteiger charge is -2.12. The predicted molar refractivity (Wildman–Crippen MR) is 110 cm³/mol. The number of sulfone groups is 1. The van der Waals surface area contributed by atoms with Gasteiger partial charge in [0.05, 0.1) is 39.8 Å². The highest BCUT2D eigenvalue weighted by molar-refractivity contribution is 7.92. The number of halogens is 3. The van der Waals surface area contributed by atoms with E-state index in [1.165, 1.54) is 29.2 Å². The number of hydrogen-bond donors (Lipinski definition) is 0. The van der Waals surface area contributed by atoms with Crippen LogP contribution in [0.4, 0.5) is 13.2 Å². The molecule has 0 saturated carbocycles. The Labute approximate surface area is 184 Å². The fraction of sp³-hybridized carbons (Fsp3) is 0.0476. The Bertz CT molecular complexity index is 1570. The average Bonchev–Trinajstić information content (AvgIpc) is 3.28. The van der Waals surface area contributed by atoms with Gasteiger partial charge >= 0.3 is 5.51 Å². The van der Waals surface area contributed by atoms with Crippen LogP contribution < -0.4 is 5.43 Å². The summed E-state index contributed by atoms with van der Waals surface area (Å²) in [5.41, 5.74) is -4.91. The quantitative estimate of drug-likeness (QED) is 0.452. The van der Waals surface area contributed by atoms with Crippen molar-refractivity contribution in [1.29, 1.82) is 5.26 Å². The molecule has 0 radical (unpaired) electrons. The maximum Gasteiger partial charge on any atom is 0.501 e. The van der Waals surface area contributed by atoms with Crippen LogP contribution in [0.2, 0.25) is 0 Å². The van der Waals surface area contributed by atoms with E-state index in [1.54, 1.807) is 24.3 Å². The highest BCUT2D eigenvalue weighted by Gasteiger charge is 2.46. The Hall–Kier alpha value is -4.24. The number of rotatable bonds is 4. The van der Waals surface area contributed by atoms with Crippen LogP contribution in [0.3, 0.4) is 0 Å². The van der Waals surface area contributed by atoms with Crippen LogP contribution in [0.25, 0.3) is 22.8 Å². The first-order valence-electron chi connectivity index (χ1n) is 9.18. The van der Waals surface area contributed by atoms with E-state index in [9.17, 15) is 26.4 Å². The Morgan fingerprint density at radius 2 is 1.70 bits per heavy atom. The summed E-state index contributed by atoms with van der Waals surface area (Å²) in [5.74, 6) is 0. The van der Waals surface area contributed by atoms with E-state index in [2.05, 4.69) is 10.2 Å². The van der Waals surface area contributed by atoms with Gasteiger partial charge in [-0.3, -0.25) is 4.79 Å². The van der Waals surface area contributed by atoms with Crippen molar-refractivity contribution in [1.82, 2.24) is 19.6 Å². The highest BCUT2D eigenvalue weighted by Crippen LogP contribution is 2.31. The molecule has 12 heteroatoms. The topological polar surface area (TPSA) is 111 Å². The normalized spacial score (nSPS) is 11.8. The smallest absolute Gasteiger partial charge is 0.287 e. The minimum absolute atomic E-state index is 0.000817. The molecular formula is C21H12F3N5O3S. The summed E-state index contributed by atoms with van der Waals surface area (Å²) < 4.78 is 64.8. The molecule has 0 atom stereocenters. The third kappa shape index (κ3) is 4.01. The van der Waals surface area contributed by atoms with E-state index in [4.69, 9.17) is 5.26 Å². The number of nitriles is 1. The van der Waals surface area contributed by atoms with Crippen molar-refractivity contribution in [3.05, 3.63) is 88.8 Å². The van der Waals surface area contributed by atoms with Crippen molar-refractivity contribution < 1.29 is 21.6 Å². The van der Waals surface area contributed by atoms with Gasteiger partial charge in [-0.15, -0.1) is 0 Å². The molecule has 0 N–H and O–H groups in total. The monoisotopic (exact) mass is 471 g/mol. The van der Waals surface area contributed by atoms with Gasteiger partial charge in [0.25, 0.3) is 9.84 Å². The number of nitrogens with zero attached hydrogens (tertiary/aromatic N) is 5. The summed E-state index contributed by atoms with van der Waals surface area (Å²) in [4.78, 5) is 11.6. The van der Waals surface area contributed by atoms with Gasteiger partial charge in [-0.1, -0.05) is 12.1 Å². The van der Waals surface area contributed by atoms with E-state index in [1.807, 2.05) is 6.07 Å². The van der Waals surface area contributed by atoms with Gasteiger partial charge in [-0.25, -0.2) is 17.8 Å². The Balaban J connectivity index is 1.83. The molecule has 33 heavy (non-hydrogen) atoms. The molecule has 0 aliphatic rings. The second-order valence-corrected chi connectivity index (χ2v) is 8.65. The van der Waals surface area contributed by atoms with E-state index >= 15 is 0 Å². The molecule has 0 aliphatic carbocycles. The summed E-state index contributed by atoms with van der Waals surface area (Å²) in [6.45, 7) is 0. The maximum atomic E-state index is 12.9. The summed E-state index contributed by atoms with van der Waals surface area (Å²) in [7, 11) is -5.56. The molecule has 0 spiro atoms. The lowest BCUT2D eigenvalue weighted by atomic mass is 10.2. The van der Waals surface area contributed by atoms with Gasteiger partial charge in [-0.2, -0.15) is 28.6 Å². The third-order valence-electron chi connectivity index (χ3n) is 4.61. The second-order valence-electron chi connectivity index (χ2n) is 6.71. The van der Waals surface area contributed by atoms with Gasteiger partial charge in [0.2, 0.25) is 5.43 Å². The summed E-state index contributed by atoms with van der Waals surface area (Å²) in [6, 6.07) is 15.3. The van der Waals surface area contributed by atoms with Crippen LogP contribution >= 0.6 is 0 Å². The molecule has 2 aromatic carbocycles.